The fourth-order valence-electron chi connectivity index (χ4n) is 0.901. The summed E-state index contributed by atoms with van der Waals surface area (Å²) >= 11 is 0. The lowest BCUT2D eigenvalue weighted by molar-refractivity contribution is 0.932. The maximum absolute atomic E-state index is 5.16. The average Bonchev–Trinajstić information content (AvgIpc) is 2.46. The van der Waals surface area contributed by atoms with Gasteiger partial charge in [0.25, 0.3) is 0 Å². The van der Waals surface area contributed by atoms with Crippen LogP contribution in [0.3, 0.4) is 0 Å². The van der Waals surface area contributed by atoms with Gasteiger partial charge >= 0.3 is 0 Å². The minimum Gasteiger partial charge on any atom is -0.237 e. The standard InChI is InChI=1S/C8H5N3/c1-2-7-6-8-9-4-3-5-11(8)10-7/h1,3-6H. The molecule has 3 heteroatoms. The van der Waals surface area contributed by atoms with Gasteiger partial charge in [0.2, 0.25) is 0 Å². The van der Waals surface area contributed by atoms with Gasteiger partial charge in [0.05, 0.1) is 0 Å². The van der Waals surface area contributed by atoms with E-state index in [2.05, 4.69) is 16.0 Å². The normalized spacial score (nSPS) is 9.73. The van der Waals surface area contributed by atoms with Gasteiger partial charge in [0.1, 0.15) is 5.69 Å². The zero-order valence-corrected chi connectivity index (χ0v) is 5.73. The summed E-state index contributed by atoms with van der Waals surface area (Å²) in [4.78, 5) is 4.05. The monoisotopic (exact) mass is 143 g/mol. The van der Waals surface area contributed by atoms with Crippen LogP contribution < -0.4 is 0 Å². The molecule has 2 heterocycles. The molecule has 3 nitrogen and oxygen atoms in total. The van der Waals surface area contributed by atoms with Crippen molar-refractivity contribution in [2.45, 2.75) is 0 Å². The molecule has 0 bridgehead atoms. The molecule has 0 radical (unpaired) electrons. The van der Waals surface area contributed by atoms with Crippen molar-refractivity contribution in [2.24, 2.45) is 0 Å². The molecule has 11 heavy (non-hydrogen) atoms. The Balaban J connectivity index is 2.81. The molecule has 0 atom stereocenters. The molecule has 0 unspecified atom stereocenters. The first-order valence-electron chi connectivity index (χ1n) is 3.17. The van der Waals surface area contributed by atoms with Crippen LogP contribution >= 0.6 is 0 Å². The first kappa shape index (κ1) is 5.93. The molecule has 52 valence electrons. The van der Waals surface area contributed by atoms with Gasteiger partial charge in [-0.05, 0) is 12.0 Å². The predicted octanol–water partition coefficient (Wildman–Crippen LogP) is 0.711. The van der Waals surface area contributed by atoms with Gasteiger partial charge in [-0.25, -0.2) is 9.50 Å². The van der Waals surface area contributed by atoms with Gasteiger partial charge in [-0.1, -0.05) is 0 Å². The Morgan fingerprint density at radius 1 is 1.55 bits per heavy atom. The van der Waals surface area contributed by atoms with Gasteiger partial charge in [-0.3, -0.25) is 0 Å². The fourth-order valence-corrected chi connectivity index (χ4v) is 0.901. The van der Waals surface area contributed by atoms with Crippen LogP contribution in [0.4, 0.5) is 0 Å². The molecular formula is C8H5N3. The summed E-state index contributed by atoms with van der Waals surface area (Å²) in [7, 11) is 0. The van der Waals surface area contributed by atoms with E-state index in [-0.39, 0.29) is 0 Å². The van der Waals surface area contributed by atoms with Crippen LogP contribution in [0.15, 0.2) is 24.5 Å². The van der Waals surface area contributed by atoms with Crippen LogP contribution in [0.25, 0.3) is 5.65 Å². The Hall–Kier alpha value is -1.82. The quantitative estimate of drug-likeness (QED) is 0.508. The van der Waals surface area contributed by atoms with E-state index in [4.69, 9.17) is 6.42 Å². The number of rotatable bonds is 0. The molecule has 0 amide bonds. The lowest BCUT2D eigenvalue weighted by Gasteiger charge is -1.85. The largest absolute Gasteiger partial charge is 0.237 e. The van der Waals surface area contributed by atoms with Crippen molar-refractivity contribution in [1.82, 2.24) is 14.6 Å². The molecule has 2 rings (SSSR count). The molecule has 0 aromatic carbocycles. The van der Waals surface area contributed by atoms with Crippen molar-refractivity contribution < 1.29 is 0 Å². The van der Waals surface area contributed by atoms with E-state index in [0.717, 1.165) is 5.65 Å². The Morgan fingerprint density at radius 3 is 3.18 bits per heavy atom. The van der Waals surface area contributed by atoms with Gasteiger partial charge in [0.15, 0.2) is 5.65 Å². The topological polar surface area (TPSA) is 30.2 Å². The van der Waals surface area contributed by atoms with Crippen LogP contribution in [0.1, 0.15) is 5.69 Å². The highest BCUT2D eigenvalue weighted by atomic mass is 15.2. The predicted molar refractivity (Wildman–Crippen MR) is 40.9 cm³/mol. The summed E-state index contributed by atoms with van der Waals surface area (Å²) < 4.78 is 1.65. The van der Waals surface area contributed by atoms with Crippen molar-refractivity contribution in [1.29, 1.82) is 0 Å². The van der Waals surface area contributed by atoms with Crippen molar-refractivity contribution >= 4 is 5.65 Å². The first-order valence-corrected chi connectivity index (χ1v) is 3.17. The second-order valence-corrected chi connectivity index (χ2v) is 2.10. The van der Waals surface area contributed by atoms with Crippen molar-refractivity contribution in [3.8, 4) is 12.3 Å². The third-order valence-corrected chi connectivity index (χ3v) is 1.38. The number of terminal acetylenes is 1. The Morgan fingerprint density at radius 2 is 2.45 bits per heavy atom. The zero-order valence-electron chi connectivity index (χ0n) is 5.73. The third kappa shape index (κ3) is 0.849. The summed E-state index contributed by atoms with van der Waals surface area (Å²) in [5.74, 6) is 2.44. The minimum absolute atomic E-state index is 0.615. The fraction of sp³-hybridized carbons (Fsp3) is 0. The van der Waals surface area contributed by atoms with Crippen LogP contribution in [0.2, 0.25) is 0 Å². The Bertz CT molecular complexity index is 389. The van der Waals surface area contributed by atoms with Gasteiger partial charge in [-0.2, -0.15) is 5.10 Å². The number of hydrogen-bond donors (Lipinski definition) is 0. The zero-order chi connectivity index (χ0) is 7.68. The molecule has 0 aliphatic heterocycles. The summed E-state index contributed by atoms with van der Waals surface area (Å²) in [5.41, 5.74) is 1.39. The molecule has 2 aromatic rings. The van der Waals surface area contributed by atoms with Crippen molar-refractivity contribution in [3.63, 3.8) is 0 Å². The van der Waals surface area contributed by atoms with Crippen LogP contribution in [-0.4, -0.2) is 14.6 Å². The van der Waals surface area contributed by atoms with Gasteiger partial charge in [0, 0.05) is 18.5 Å². The Labute approximate surface area is 63.7 Å². The van der Waals surface area contributed by atoms with E-state index in [0.29, 0.717) is 5.69 Å². The van der Waals surface area contributed by atoms with Gasteiger partial charge < -0.3 is 0 Å². The van der Waals surface area contributed by atoms with Crippen molar-refractivity contribution in [2.75, 3.05) is 0 Å². The number of fused-ring (bicyclic) bond motifs is 1. The Kier molecular flexibility index (Phi) is 1.13. The smallest absolute Gasteiger partial charge is 0.156 e. The number of hydrogen-bond acceptors (Lipinski definition) is 2. The number of aromatic nitrogens is 3. The molecule has 0 spiro atoms. The van der Waals surface area contributed by atoms with E-state index in [1.54, 1.807) is 22.8 Å². The summed E-state index contributed by atoms with van der Waals surface area (Å²) in [6.45, 7) is 0. The van der Waals surface area contributed by atoms with Crippen molar-refractivity contribution in [3.05, 3.63) is 30.2 Å². The lowest BCUT2D eigenvalue weighted by Crippen LogP contribution is -1.86. The number of nitrogens with zero attached hydrogens (tertiary/aromatic N) is 3. The molecule has 0 saturated carbocycles. The van der Waals surface area contributed by atoms with E-state index >= 15 is 0 Å². The summed E-state index contributed by atoms with van der Waals surface area (Å²) in [5, 5.41) is 4.05. The maximum atomic E-state index is 5.16. The second kappa shape index (κ2) is 2.10. The maximum Gasteiger partial charge on any atom is 0.156 e. The molecule has 0 aliphatic carbocycles. The molecule has 0 fully saturated rings. The summed E-state index contributed by atoms with van der Waals surface area (Å²) in [6, 6.07) is 3.57. The van der Waals surface area contributed by atoms with Crippen LogP contribution in [-0.2, 0) is 0 Å². The molecular weight excluding hydrogens is 138 g/mol. The molecule has 0 N–H and O–H groups in total. The average molecular weight is 143 g/mol. The van der Waals surface area contributed by atoms with E-state index in [9.17, 15) is 0 Å². The first-order chi connectivity index (χ1) is 5.40. The molecule has 2 aromatic heterocycles. The lowest BCUT2D eigenvalue weighted by atomic mass is 10.4. The minimum atomic E-state index is 0.615. The van der Waals surface area contributed by atoms with Crippen LogP contribution in [0, 0.1) is 12.3 Å². The highest BCUT2D eigenvalue weighted by Crippen LogP contribution is 1.99. The van der Waals surface area contributed by atoms with Crippen LogP contribution in [0.5, 0.6) is 0 Å². The van der Waals surface area contributed by atoms with E-state index in [1.807, 2.05) is 6.20 Å². The second-order valence-electron chi connectivity index (χ2n) is 2.10. The molecule has 0 aliphatic rings. The highest BCUT2D eigenvalue weighted by molar-refractivity contribution is 5.43. The highest BCUT2D eigenvalue weighted by Gasteiger charge is 1.96. The van der Waals surface area contributed by atoms with E-state index < -0.39 is 0 Å². The van der Waals surface area contributed by atoms with Gasteiger partial charge in [-0.15, -0.1) is 6.42 Å². The third-order valence-electron chi connectivity index (χ3n) is 1.38. The van der Waals surface area contributed by atoms with E-state index in [1.165, 1.54) is 0 Å². The SMILES string of the molecule is C#Cc1cc2ncccn2n1. The molecule has 0 saturated heterocycles. The summed E-state index contributed by atoms with van der Waals surface area (Å²) in [6.07, 6.45) is 8.67.